The number of rotatable bonds is 5. The molecule has 1 fully saturated rings. The normalized spacial score (nSPS) is 17.1. The van der Waals surface area contributed by atoms with Crippen molar-refractivity contribution in [2.75, 3.05) is 0 Å². The van der Waals surface area contributed by atoms with E-state index < -0.39 is 17.9 Å². The van der Waals surface area contributed by atoms with Crippen LogP contribution in [-0.4, -0.2) is 28.9 Å². The van der Waals surface area contributed by atoms with Crippen molar-refractivity contribution < 1.29 is 19.5 Å². The van der Waals surface area contributed by atoms with Gasteiger partial charge in [0, 0.05) is 5.92 Å². The number of carboxylic acid groups (broad SMARTS) is 1. The summed E-state index contributed by atoms with van der Waals surface area (Å²) in [6.45, 7) is 0. The average Bonchev–Trinajstić information content (AvgIpc) is 2.83. The fourth-order valence-corrected chi connectivity index (χ4v) is 1.04. The van der Waals surface area contributed by atoms with Gasteiger partial charge in [0.1, 0.15) is 6.04 Å². The molecule has 4 N–H and O–H groups in total. The van der Waals surface area contributed by atoms with Gasteiger partial charge in [-0.3, -0.25) is 9.59 Å². The van der Waals surface area contributed by atoms with Crippen LogP contribution in [0.5, 0.6) is 0 Å². The number of amides is 2. The standard InChI is InChI=1S/C8H12N2O4/c9-6(11)3-5(8(13)14)10-7(12)4-1-2-4/h4-5H,1-3H2,(H2,9,11)(H,10,12)(H,13,14). The van der Waals surface area contributed by atoms with E-state index in [1.165, 1.54) is 0 Å². The van der Waals surface area contributed by atoms with Gasteiger partial charge in [-0.15, -0.1) is 0 Å². The first-order chi connectivity index (χ1) is 6.50. The minimum Gasteiger partial charge on any atom is -0.480 e. The van der Waals surface area contributed by atoms with Crippen LogP contribution in [0, 0.1) is 5.92 Å². The van der Waals surface area contributed by atoms with Gasteiger partial charge in [-0.05, 0) is 12.8 Å². The van der Waals surface area contributed by atoms with Gasteiger partial charge < -0.3 is 16.2 Å². The molecule has 1 saturated carbocycles. The van der Waals surface area contributed by atoms with Crippen molar-refractivity contribution >= 4 is 17.8 Å². The summed E-state index contributed by atoms with van der Waals surface area (Å²) in [7, 11) is 0. The van der Waals surface area contributed by atoms with Gasteiger partial charge in [0.25, 0.3) is 0 Å². The van der Waals surface area contributed by atoms with Crippen molar-refractivity contribution in [1.29, 1.82) is 0 Å². The van der Waals surface area contributed by atoms with E-state index in [1.807, 2.05) is 0 Å². The Morgan fingerprint density at radius 2 is 2.00 bits per heavy atom. The molecule has 1 atom stereocenters. The molecule has 0 aromatic heterocycles. The minimum atomic E-state index is -1.24. The average molecular weight is 200 g/mol. The second kappa shape index (κ2) is 4.08. The number of carbonyl (C=O) groups is 3. The number of carbonyl (C=O) groups excluding carboxylic acids is 2. The molecular weight excluding hydrogens is 188 g/mol. The van der Waals surface area contributed by atoms with Crippen LogP contribution in [0.1, 0.15) is 19.3 Å². The maximum atomic E-state index is 11.2. The lowest BCUT2D eigenvalue weighted by molar-refractivity contribution is -0.143. The third-order valence-electron chi connectivity index (χ3n) is 1.97. The Morgan fingerprint density at radius 3 is 2.36 bits per heavy atom. The molecule has 0 aromatic carbocycles. The first-order valence-corrected chi connectivity index (χ1v) is 4.32. The fraction of sp³-hybridized carbons (Fsp3) is 0.625. The monoisotopic (exact) mass is 200 g/mol. The number of aliphatic carboxylic acids is 1. The first kappa shape index (κ1) is 10.5. The fourth-order valence-electron chi connectivity index (χ4n) is 1.04. The lowest BCUT2D eigenvalue weighted by atomic mass is 10.2. The van der Waals surface area contributed by atoms with Gasteiger partial charge in [-0.25, -0.2) is 4.79 Å². The molecular formula is C8H12N2O4. The van der Waals surface area contributed by atoms with Crippen LogP contribution >= 0.6 is 0 Å². The lowest BCUT2D eigenvalue weighted by Gasteiger charge is -2.11. The molecule has 0 aliphatic heterocycles. The Bertz CT molecular complexity index is 273. The number of carboxylic acids is 1. The highest BCUT2D eigenvalue weighted by molar-refractivity contribution is 5.89. The molecule has 78 valence electrons. The molecule has 1 aliphatic rings. The smallest absolute Gasteiger partial charge is 0.326 e. The van der Waals surface area contributed by atoms with E-state index in [4.69, 9.17) is 10.8 Å². The Balaban J connectivity index is 2.45. The minimum absolute atomic E-state index is 0.0790. The molecule has 14 heavy (non-hydrogen) atoms. The van der Waals surface area contributed by atoms with Crippen LogP contribution in [0.15, 0.2) is 0 Å². The highest BCUT2D eigenvalue weighted by Gasteiger charge is 2.32. The Morgan fingerprint density at radius 1 is 1.43 bits per heavy atom. The molecule has 1 unspecified atom stereocenters. The predicted octanol–water partition coefficient (Wildman–Crippen LogP) is -1.16. The van der Waals surface area contributed by atoms with E-state index >= 15 is 0 Å². The van der Waals surface area contributed by atoms with Crippen LogP contribution in [0.4, 0.5) is 0 Å². The molecule has 1 aliphatic carbocycles. The van der Waals surface area contributed by atoms with Crippen molar-refractivity contribution in [2.24, 2.45) is 11.7 Å². The maximum absolute atomic E-state index is 11.2. The summed E-state index contributed by atoms with van der Waals surface area (Å²) in [4.78, 5) is 32.3. The predicted molar refractivity (Wildman–Crippen MR) is 46.1 cm³/mol. The van der Waals surface area contributed by atoms with E-state index in [9.17, 15) is 14.4 Å². The first-order valence-electron chi connectivity index (χ1n) is 4.32. The molecule has 0 spiro atoms. The van der Waals surface area contributed by atoms with E-state index in [2.05, 4.69) is 5.32 Å². The van der Waals surface area contributed by atoms with E-state index in [0.29, 0.717) is 0 Å². The highest BCUT2D eigenvalue weighted by Crippen LogP contribution is 2.28. The van der Waals surface area contributed by atoms with E-state index in [-0.39, 0.29) is 18.2 Å². The van der Waals surface area contributed by atoms with Gasteiger partial charge in [0.05, 0.1) is 6.42 Å². The summed E-state index contributed by atoms with van der Waals surface area (Å²) in [6, 6.07) is -1.19. The lowest BCUT2D eigenvalue weighted by Crippen LogP contribution is -2.43. The zero-order valence-electron chi connectivity index (χ0n) is 7.53. The molecule has 1 rings (SSSR count). The molecule has 6 nitrogen and oxygen atoms in total. The summed E-state index contributed by atoms with van der Waals surface area (Å²) in [5.41, 5.74) is 4.85. The summed E-state index contributed by atoms with van der Waals surface area (Å²) in [5.74, 6) is -2.37. The van der Waals surface area contributed by atoms with Crippen LogP contribution in [-0.2, 0) is 14.4 Å². The van der Waals surface area contributed by atoms with Crippen molar-refractivity contribution in [3.05, 3.63) is 0 Å². The number of nitrogens with two attached hydrogens (primary N) is 1. The van der Waals surface area contributed by atoms with Crippen molar-refractivity contribution in [2.45, 2.75) is 25.3 Å². The summed E-state index contributed by atoms with van der Waals surface area (Å²) < 4.78 is 0. The number of primary amides is 1. The SMILES string of the molecule is NC(=O)CC(NC(=O)C1CC1)C(=O)O. The third-order valence-corrected chi connectivity index (χ3v) is 1.97. The van der Waals surface area contributed by atoms with Crippen LogP contribution < -0.4 is 11.1 Å². The van der Waals surface area contributed by atoms with E-state index in [0.717, 1.165) is 12.8 Å². The topological polar surface area (TPSA) is 109 Å². The van der Waals surface area contributed by atoms with Crippen LogP contribution in [0.3, 0.4) is 0 Å². The zero-order valence-corrected chi connectivity index (χ0v) is 7.53. The van der Waals surface area contributed by atoms with Crippen molar-refractivity contribution in [1.82, 2.24) is 5.32 Å². The van der Waals surface area contributed by atoms with Gasteiger partial charge in [0.2, 0.25) is 11.8 Å². The molecule has 2 amide bonds. The van der Waals surface area contributed by atoms with Gasteiger partial charge in [-0.1, -0.05) is 0 Å². The highest BCUT2D eigenvalue weighted by atomic mass is 16.4. The van der Waals surface area contributed by atoms with Crippen molar-refractivity contribution in [3.63, 3.8) is 0 Å². The summed E-state index contributed by atoms with van der Waals surface area (Å²) >= 11 is 0. The second-order valence-corrected chi connectivity index (χ2v) is 3.34. The molecule has 6 heteroatoms. The number of hydrogen-bond acceptors (Lipinski definition) is 3. The van der Waals surface area contributed by atoms with E-state index in [1.54, 1.807) is 0 Å². The number of hydrogen-bond donors (Lipinski definition) is 3. The quantitative estimate of drug-likeness (QED) is 0.520. The Kier molecular flexibility index (Phi) is 3.06. The Hall–Kier alpha value is -1.59. The van der Waals surface area contributed by atoms with Gasteiger partial charge >= 0.3 is 5.97 Å². The number of nitrogens with one attached hydrogen (secondary N) is 1. The molecule has 0 saturated heterocycles. The largest absolute Gasteiger partial charge is 0.480 e. The zero-order chi connectivity index (χ0) is 10.7. The maximum Gasteiger partial charge on any atom is 0.326 e. The molecule has 0 radical (unpaired) electrons. The third kappa shape index (κ3) is 3.04. The van der Waals surface area contributed by atoms with Crippen molar-refractivity contribution in [3.8, 4) is 0 Å². The summed E-state index contributed by atoms with van der Waals surface area (Å²) in [6.07, 6.45) is 1.21. The molecule has 0 aromatic rings. The Labute approximate surface area is 80.5 Å². The van der Waals surface area contributed by atoms with Gasteiger partial charge in [-0.2, -0.15) is 0 Å². The molecule has 0 bridgehead atoms. The molecule has 0 heterocycles. The van der Waals surface area contributed by atoms with Crippen LogP contribution in [0.25, 0.3) is 0 Å². The van der Waals surface area contributed by atoms with Crippen LogP contribution in [0.2, 0.25) is 0 Å². The summed E-state index contributed by atoms with van der Waals surface area (Å²) in [5, 5.41) is 10.9. The second-order valence-electron chi connectivity index (χ2n) is 3.34. The van der Waals surface area contributed by atoms with Gasteiger partial charge in [0.15, 0.2) is 0 Å².